The molecule has 0 atom stereocenters. The highest BCUT2D eigenvalue weighted by Crippen LogP contribution is 2.21. The minimum atomic E-state index is -0.919. The number of likely N-dealkylation sites (N-methyl/N-ethyl adjacent to an activating group) is 1. The Bertz CT molecular complexity index is 509. The molecule has 0 saturated carbocycles. The predicted molar refractivity (Wildman–Crippen MR) is 69.2 cm³/mol. The lowest BCUT2D eigenvalue weighted by Gasteiger charge is -2.32. The predicted octanol–water partition coefficient (Wildman–Crippen LogP) is 1.97. The fraction of sp³-hybridized carbons (Fsp3) is 0.500. The van der Waals surface area contributed by atoms with Gasteiger partial charge in [-0.2, -0.15) is 0 Å². The van der Waals surface area contributed by atoms with Gasteiger partial charge in [-0.15, -0.1) is 0 Å². The van der Waals surface area contributed by atoms with Gasteiger partial charge in [-0.25, -0.2) is 8.78 Å². The summed E-state index contributed by atoms with van der Waals surface area (Å²) in [6.45, 7) is 5.75. The molecule has 1 fully saturated rings. The quantitative estimate of drug-likeness (QED) is 0.777. The molecule has 0 radical (unpaired) electrons. The van der Waals surface area contributed by atoms with Crippen molar-refractivity contribution in [2.45, 2.75) is 13.8 Å². The average molecular weight is 268 g/mol. The number of carbonyl (C=O) groups is 1. The molecule has 0 aliphatic carbocycles. The fourth-order valence-corrected chi connectivity index (χ4v) is 2.25. The van der Waals surface area contributed by atoms with Gasteiger partial charge in [0.25, 0.3) is 5.91 Å². The number of halogens is 2. The third kappa shape index (κ3) is 2.61. The summed E-state index contributed by atoms with van der Waals surface area (Å²) in [6, 6.07) is 1.44. The largest absolute Gasteiger partial charge is 0.336 e. The van der Waals surface area contributed by atoms with E-state index < -0.39 is 11.6 Å². The van der Waals surface area contributed by atoms with Gasteiger partial charge in [0.1, 0.15) is 0 Å². The van der Waals surface area contributed by atoms with Crippen LogP contribution in [0.5, 0.6) is 0 Å². The fourth-order valence-electron chi connectivity index (χ4n) is 2.25. The summed E-state index contributed by atoms with van der Waals surface area (Å²) in [7, 11) is 1.99. The molecule has 3 nitrogen and oxygen atoms in total. The first-order valence-electron chi connectivity index (χ1n) is 6.35. The zero-order valence-electron chi connectivity index (χ0n) is 11.5. The summed E-state index contributed by atoms with van der Waals surface area (Å²) in [5.41, 5.74) is 0.522. The topological polar surface area (TPSA) is 23.6 Å². The molecule has 1 aromatic rings. The molecular formula is C14H18F2N2O. The van der Waals surface area contributed by atoms with Gasteiger partial charge in [-0.05, 0) is 32.5 Å². The van der Waals surface area contributed by atoms with Crippen LogP contribution in [0.3, 0.4) is 0 Å². The molecule has 0 bridgehead atoms. The Kier molecular flexibility index (Phi) is 3.85. The monoisotopic (exact) mass is 268 g/mol. The van der Waals surface area contributed by atoms with Crippen LogP contribution < -0.4 is 0 Å². The lowest BCUT2D eigenvalue weighted by Crippen LogP contribution is -2.47. The van der Waals surface area contributed by atoms with Crippen molar-refractivity contribution in [1.82, 2.24) is 9.80 Å². The molecule has 5 heteroatoms. The number of amides is 1. The smallest absolute Gasteiger partial charge is 0.254 e. The lowest BCUT2D eigenvalue weighted by molar-refractivity contribution is 0.0662. The number of piperazine rings is 1. The summed E-state index contributed by atoms with van der Waals surface area (Å²) in [5.74, 6) is -2.00. The molecule has 0 unspecified atom stereocenters. The van der Waals surface area contributed by atoms with E-state index in [1.165, 1.54) is 19.9 Å². The molecule has 0 aromatic heterocycles. The Balaban J connectivity index is 2.29. The maximum Gasteiger partial charge on any atom is 0.254 e. The van der Waals surface area contributed by atoms with Crippen molar-refractivity contribution in [3.05, 3.63) is 34.4 Å². The maximum absolute atomic E-state index is 13.7. The van der Waals surface area contributed by atoms with Gasteiger partial charge in [0.2, 0.25) is 0 Å². The van der Waals surface area contributed by atoms with Gasteiger partial charge >= 0.3 is 0 Å². The Morgan fingerprint density at radius 3 is 2.26 bits per heavy atom. The van der Waals surface area contributed by atoms with Crippen LogP contribution in [0.25, 0.3) is 0 Å². The van der Waals surface area contributed by atoms with Gasteiger partial charge in [-0.3, -0.25) is 4.79 Å². The van der Waals surface area contributed by atoms with Crippen LogP contribution in [0.4, 0.5) is 8.78 Å². The normalized spacial score (nSPS) is 16.8. The number of hydrogen-bond donors (Lipinski definition) is 0. The van der Waals surface area contributed by atoms with Crippen molar-refractivity contribution in [2.24, 2.45) is 0 Å². The molecule has 1 aliphatic rings. The molecule has 19 heavy (non-hydrogen) atoms. The number of benzene rings is 1. The molecule has 104 valence electrons. The van der Waals surface area contributed by atoms with Crippen molar-refractivity contribution in [3.63, 3.8) is 0 Å². The lowest BCUT2D eigenvalue weighted by atomic mass is 10.0. The second kappa shape index (κ2) is 5.25. The summed E-state index contributed by atoms with van der Waals surface area (Å²) < 4.78 is 27.1. The van der Waals surface area contributed by atoms with Crippen LogP contribution in [0.15, 0.2) is 6.07 Å². The van der Waals surface area contributed by atoms with Crippen molar-refractivity contribution in [3.8, 4) is 0 Å². The van der Waals surface area contributed by atoms with E-state index >= 15 is 0 Å². The van der Waals surface area contributed by atoms with Crippen LogP contribution in [-0.2, 0) is 0 Å². The van der Waals surface area contributed by atoms with Gasteiger partial charge in [0, 0.05) is 37.3 Å². The molecule has 1 amide bonds. The van der Waals surface area contributed by atoms with Crippen LogP contribution in [0.2, 0.25) is 0 Å². The van der Waals surface area contributed by atoms with Crippen molar-refractivity contribution < 1.29 is 13.6 Å². The van der Waals surface area contributed by atoms with E-state index in [0.717, 1.165) is 13.1 Å². The van der Waals surface area contributed by atoms with Crippen LogP contribution in [-0.4, -0.2) is 48.9 Å². The zero-order valence-corrected chi connectivity index (χ0v) is 11.5. The number of nitrogens with zero attached hydrogens (tertiary/aromatic N) is 2. The highest BCUT2D eigenvalue weighted by Gasteiger charge is 2.24. The van der Waals surface area contributed by atoms with Gasteiger partial charge in [0.15, 0.2) is 11.6 Å². The highest BCUT2D eigenvalue weighted by atomic mass is 19.2. The van der Waals surface area contributed by atoms with E-state index in [1.807, 2.05) is 7.05 Å². The summed E-state index contributed by atoms with van der Waals surface area (Å²) >= 11 is 0. The first-order valence-corrected chi connectivity index (χ1v) is 6.35. The number of carbonyl (C=O) groups excluding carboxylic acids is 1. The van der Waals surface area contributed by atoms with Crippen LogP contribution >= 0.6 is 0 Å². The summed E-state index contributed by atoms with van der Waals surface area (Å²) in [5, 5.41) is 0. The zero-order chi connectivity index (χ0) is 14.2. The first-order chi connectivity index (χ1) is 8.91. The minimum absolute atomic E-state index is 0.0898. The van der Waals surface area contributed by atoms with Crippen LogP contribution in [0.1, 0.15) is 21.5 Å². The number of hydrogen-bond acceptors (Lipinski definition) is 2. The Hall–Kier alpha value is -1.49. The van der Waals surface area contributed by atoms with E-state index in [0.29, 0.717) is 13.1 Å². The van der Waals surface area contributed by atoms with E-state index in [1.54, 1.807) is 4.90 Å². The summed E-state index contributed by atoms with van der Waals surface area (Å²) in [4.78, 5) is 16.2. The van der Waals surface area contributed by atoms with Crippen molar-refractivity contribution >= 4 is 5.91 Å². The number of rotatable bonds is 1. The third-order valence-electron chi connectivity index (χ3n) is 3.65. The molecule has 2 rings (SSSR count). The Labute approximate surface area is 111 Å². The minimum Gasteiger partial charge on any atom is -0.336 e. The molecule has 0 N–H and O–H groups in total. The molecule has 1 aromatic carbocycles. The second-order valence-corrected chi connectivity index (χ2v) is 5.09. The molecule has 1 heterocycles. The molecule has 1 aliphatic heterocycles. The van der Waals surface area contributed by atoms with Gasteiger partial charge in [0.05, 0.1) is 0 Å². The highest BCUT2D eigenvalue weighted by molar-refractivity contribution is 5.96. The molecule has 1 saturated heterocycles. The SMILES string of the molecule is Cc1cc(C(=O)N2CCN(C)CC2)c(C)c(F)c1F. The average Bonchev–Trinajstić information content (AvgIpc) is 2.40. The van der Waals surface area contributed by atoms with E-state index in [2.05, 4.69) is 4.90 Å². The molecule has 0 spiro atoms. The Morgan fingerprint density at radius 1 is 1.11 bits per heavy atom. The van der Waals surface area contributed by atoms with E-state index in [9.17, 15) is 13.6 Å². The number of aryl methyl sites for hydroxylation is 1. The molecular weight excluding hydrogens is 250 g/mol. The van der Waals surface area contributed by atoms with Gasteiger partial charge in [-0.1, -0.05) is 0 Å². The maximum atomic E-state index is 13.7. The standard InChI is InChI=1S/C14H18F2N2O/c1-9-8-11(10(2)13(16)12(9)15)14(19)18-6-4-17(3)5-7-18/h8H,4-7H2,1-3H3. The van der Waals surface area contributed by atoms with Gasteiger partial charge < -0.3 is 9.80 Å². The van der Waals surface area contributed by atoms with E-state index in [-0.39, 0.29) is 22.6 Å². The Morgan fingerprint density at radius 2 is 1.68 bits per heavy atom. The van der Waals surface area contributed by atoms with Crippen LogP contribution in [0, 0.1) is 25.5 Å². The second-order valence-electron chi connectivity index (χ2n) is 5.09. The third-order valence-corrected chi connectivity index (χ3v) is 3.65. The van der Waals surface area contributed by atoms with Crippen molar-refractivity contribution in [2.75, 3.05) is 33.2 Å². The summed E-state index contributed by atoms with van der Waals surface area (Å²) in [6.07, 6.45) is 0. The first kappa shape index (κ1) is 13.9. The van der Waals surface area contributed by atoms with E-state index in [4.69, 9.17) is 0 Å². The van der Waals surface area contributed by atoms with Crippen molar-refractivity contribution in [1.29, 1.82) is 0 Å².